The Bertz CT molecular complexity index is 541. The molecule has 0 radical (unpaired) electrons. The quantitative estimate of drug-likeness (QED) is 0.664. The molecule has 1 unspecified atom stereocenters. The molecule has 1 atom stereocenters. The molecule has 0 fully saturated rings. The van der Waals surface area contributed by atoms with Crippen LogP contribution in [0.15, 0.2) is 55.2 Å². The molecule has 3 nitrogen and oxygen atoms in total. The zero-order chi connectivity index (χ0) is 13.7. The fourth-order valence-electron chi connectivity index (χ4n) is 2.02. The van der Waals surface area contributed by atoms with E-state index >= 15 is 0 Å². The van der Waals surface area contributed by atoms with E-state index in [1.165, 1.54) is 0 Å². The predicted octanol–water partition coefficient (Wildman–Crippen LogP) is 3.22. The maximum Gasteiger partial charge on any atom is 0.330 e. The van der Waals surface area contributed by atoms with E-state index in [9.17, 15) is 9.90 Å². The molecule has 1 N–H and O–H groups in total. The van der Waals surface area contributed by atoms with Crippen LogP contribution in [-0.2, 0) is 16.1 Å². The van der Waals surface area contributed by atoms with Gasteiger partial charge in [0.1, 0.15) is 12.4 Å². The molecule has 0 amide bonds. The number of aromatic hydroxyl groups is 1. The minimum absolute atomic E-state index is 0.167. The molecule has 0 bridgehead atoms. The van der Waals surface area contributed by atoms with Crippen LogP contribution in [0.5, 0.6) is 5.75 Å². The average Bonchev–Trinajstić information content (AvgIpc) is 2.47. The Labute approximate surface area is 112 Å². The van der Waals surface area contributed by atoms with Gasteiger partial charge in [0.25, 0.3) is 0 Å². The number of ether oxygens (including phenoxy) is 1. The molecule has 1 aromatic carbocycles. The molecule has 0 aromatic heterocycles. The summed E-state index contributed by atoms with van der Waals surface area (Å²) in [5, 5.41) is 9.93. The van der Waals surface area contributed by atoms with E-state index in [2.05, 4.69) is 18.7 Å². The minimum Gasteiger partial charge on any atom is -0.508 e. The van der Waals surface area contributed by atoms with E-state index in [4.69, 9.17) is 4.74 Å². The second-order valence-corrected chi connectivity index (χ2v) is 4.36. The molecule has 0 aliphatic heterocycles. The lowest BCUT2D eigenvalue weighted by molar-refractivity contribution is -0.138. The van der Waals surface area contributed by atoms with Crippen molar-refractivity contribution >= 4 is 5.97 Å². The van der Waals surface area contributed by atoms with Crippen LogP contribution < -0.4 is 0 Å². The van der Waals surface area contributed by atoms with Gasteiger partial charge in [-0.2, -0.15) is 0 Å². The van der Waals surface area contributed by atoms with Gasteiger partial charge in [-0.3, -0.25) is 0 Å². The van der Waals surface area contributed by atoms with Crippen molar-refractivity contribution in [1.29, 1.82) is 0 Å². The van der Waals surface area contributed by atoms with Gasteiger partial charge in [-0.1, -0.05) is 36.9 Å². The van der Waals surface area contributed by atoms with Gasteiger partial charge in [0, 0.05) is 17.6 Å². The number of hydrogen-bond acceptors (Lipinski definition) is 3. The predicted molar refractivity (Wildman–Crippen MR) is 73.7 cm³/mol. The molecule has 1 aliphatic rings. The van der Waals surface area contributed by atoms with Crippen molar-refractivity contribution in [2.75, 3.05) is 0 Å². The normalized spacial score (nSPS) is 17.2. The highest BCUT2D eigenvalue weighted by molar-refractivity contribution is 5.81. The largest absolute Gasteiger partial charge is 0.508 e. The monoisotopic (exact) mass is 256 g/mol. The summed E-state index contributed by atoms with van der Waals surface area (Å²) in [6.45, 7) is 3.53. The van der Waals surface area contributed by atoms with Gasteiger partial charge in [0.05, 0.1) is 0 Å². The number of phenols is 1. The molecule has 1 aliphatic carbocycles. The standard InChI is InChI=1S/C16H16O3/c1-2-16(18)19-11-12-8-9-15(17)14(10-12)13-6-4-3-5-7-13/h2-6,8-10,13,17H,1,7,11H2. The van der Waals surface area contributed by atoms with Crippen LogP contribution in [0, 0.1) is 0 Å². The van der Waals surface area contributed by atoms with Crippen LogP contribution in [0.25, 0.3) is 0 Å². The zero-order valence-corrected chi connectivity index (χ0v) is 10.6. The molecule has 0 heterocycles. The van der Waals surface area contributed by atoms with E-state index in [1.807, 2.05) is 18.2 Å². The highest BCUT2D eigenvalue weighted by Crippen LogP contribution is 2.32. The van der Waals surface area contributed by atoms with Gasteiger partial charge in [0.2, 0.25) is 0 Å². The fraction of sp³-hybridized carbons (Fsp3) is 0.188. The summed E-state index contributed by atoms with van der Waals surface area (Å²) in [5.74, 6) is -0.0149. The number of benzene rings is 1. The molecule has 2 rings (SSSR count). The van der Waals surface area contributed by atoms with Crippen LogP contribution in [0.2, 0.25) is 0 Å². The molecule has 98 valence electrons. The Hall–Kier alpha value is -2.29. The summed E-state index contributed by atoms with van der Waals surface area (Å²) < 4.78 is 4.99. The Balaban J connectivity index is 2.15. The molecule has 3 heteroatoms. The Morgan fingerprint density at radius 2 is 2.32 bits per heavy atom. The summed E-state index contributed by atoms with van der Waals surface area (Å²) in [4.78, 5) is 11.0. The van der Waals surface area contributed by atoms with Gasteiger partial charge >= 0.3 is 5.97 Å². The number of carbonyl (C=O) groups is 1. The molecule has 0 spiro atoms. The summed E-state index contributed by atoms with van der Waals surface area (Å²) in [6, 6.07) is 5.26. The van der Waals surface area contributed by atoms with E-state index in [1.54, 1.807) is 12.1 Å². The lowest BCUT2D eigenvalue weighted by atomic mass is 9.91. The van der Waals surface area contributed by atoms with Gasteiger partial charge in [-0.15, -0.1) is 0 Å². The molecular weight excluding hydrogens is 240 g/mol. The van der Waals surface area contributed by atoms with E-state index in [0.29, 0.717) is 0 Å². The topological polar surface area (TPSA) is 46.5 Å². The number of carbonyl (C=O) groups excluding carboxylic acids is 1. The van der Waals surface area contributed by atoms with Crippen molar-refractivity contribution in [3.05, 3.63) is 66.3 Å². The fourth-order valence-corrected chi connectivity index (χ4v) is 2.02. The third kappa shape index (κ3) is 3.35. The van der Waals surface area contributed by atoms with E-state index in [-0.39, 0.29) is 18.3 Å². The summed E-state index contributed by atoms with van der Waals surface area (Å²) >= 11 is 0. The van der Waals surface area contributed by atoms with Gasteiger partial charge < -0.3 is 9.84 Å². The van der Waals surface area contributed by atoms with Crippen molar-refractivity contribution in [3.8, 4) is 5.75 Å². The van der Waals surface area contributed by atoms with Crippen LogP contribution in [0.1, 0.15) is 23.5 Å². The highest BCUT2D eigenvalue weighted by Gasteiger charge is 2.13. The molecule has 1 aromatic rings. The molecule has 0 saturated heterocycles. The van der Waals surface area contributed by atoms with Crippen molar-refractivity contribution in [2.24, 2.45) is 0 Å². The maximum absolute atomic E-state index is 11.0. The van der Waals surface area contributed by atoms with Crippen molar-refractivity contribution in [1.82, 2.24) is 0 Å². The molecular formula is C16H16O3. The SMILES string of the molecule is C=CC(=O)OCc1ccc(O)c(C2C=CC=CC2)c1. The first kappa shape index (κ1) is 13.1. The lowest BCUT2D eigenvalue weighted by Gasteiger charge is -2.16. The minimum atomic E-state index is -0.449. The number of rotatable bonds is 4. The van der Waals surface area contributed by atoms with E-state index < -0.39 is 5.97 Å². The first-order valence-corrected chi connectivity index (χ1v) is 6.15. The van der Waals surface area contributed by atoms with Crippen LogP contribution in [0.3, 0.4) is 0 Å². The second-order valence-electron chi connectivity index (χ2n) is 4.36. The number of esters is 1. The Morgan fingerprint density at radius 3 is 3.00 bits per heavy atom. The van der Waals surface area contributed by atoms with Crippen LogP contribution in [0.4, 0.5) is 0 Å². The van der Waals surface area contributed by atoms with Crippen LogP contribution in [-0.4, -0.2) is 11.1 Å². The number of allylic oxidation sites excluding steroid dienone is 4. The zero-order valence-electron chi connectivity index (χ0n) is 10.6. The Morgan fingerprint density at radius 1 is 1.47 bits per heavy atom. The van der Waals surface area contributed by atoms with Crippen molar-refractivity contribution in [2.45, 2.75) is 18.9 Å². The smallest absolute Gasteiger partial charge is 0.330 e. The first-order chi connectivity index (χ1) is 9.20. The maximum atomic E-state index is 11.0. The van der Waals surface area contributed by atoms with Crippen LogP contribution >= 0.6 is 0 Å². The number of hydrogen-bond donors (Lipinski definition) is 1. The molecule has 19 heavy (non-hydrogen) atoms. The second kappa shape index (κ2) is 6.05. The lowest BCUT2D eigenvalue weighted by Crippen LogP contribution is -2.02. The summed E-state index contributed by atoms with van der Waals surface area (Å²) in [5.41, 5.74) is 1.71. The van der Waals surface area contributed by atoms with Gasteiger partial charge in [-0.25, -0.2) is 4.79 Å². The number of phenolic OH excluding ortho intramolecular Hbond substituents is 1. The van der Waals surface area contributed by atoms with Gasteiger partial charge in [-0.05, 0) is 24.1 Å². The highest BCUT2D eigenvalue weighted by atomic mass is 16.5. The third-order valence-electron chi connectivity index (χ3n) is 3.02. The molecule has 0 saturated carbocycles. The third-order valence-corrected chi connectivity index (χ3v) is 3.02. The van der Waals surface area contributed by atoms with E-state index in [0.717, 1.165) is 23.6 Å². The summed E-state index contributed by atoms with van der Waals surface area (Å²) in [6.07, 6.45) is 10.1. The first-order valence-electron chi connectivity index (χ1n) is 6.15. The van der Waals surface area contributed by atoms with Crippen molar-refractivity contribution < 1.29 is 14.6 Å². The Kier molecular flexibility index (Phi) is 4.18. The summed E-state index contributed by atoms with van der Waals surface area (Å²) in [7, 11) is 0. The average molecular weight is 256 g/mol. The van der Waals surface area contributed by atoms with Gasteiger partial charge in [0.15, 0.2) is 0 Å². The van der Waals surface area contributed by atoms with Crippen molar-refractivity contribution in [3.63, 3.8) is 0 Å².